The predicted molar refractivity (Wildman–Crippen MR) is 102 cm³/mol. The molecule has 25 heavy (non-hydrogen) atoms. The number of piperidine rings is 1. The number of hydrogen-bond donors (Lipinski definition) is 3. The van der Waals surface area contributed by atoms with E-state index < -0.39 is 5.60 Å². The lowest BCUT2D eigenvalue weighted by Gasteiger charge is -2.33. The van der Waals surface area contributed by atoms with Crippen LogP contribution in [0.3, 0.4) is 0 Å². The van der Waals surface area contributed by atoms with Gasteiger partial charge in [0, 0.05) is 32.2 Å². The Morgan fingerprint density at radius 3 is 2.48 bits per heavy atom. The van der Waals surface area contributed by atoms with Gasteiger partial charge in [-0.2, -0.15) is 0 Å². The third kappa shape index (κ3) is 6.01. The molecule has 0 atom stereocenters. The summed E-state index contributed by atoms with van der Waals surface area (Å²) in [5.74, 6) is 0. The molecule has 0 bridgehead atoms. The van der Waals surface area contributed by atoms with Gasteiger partial charge in [0.2, 0.25) is 0 Å². The molecule has 2 rings (SSSR count). The lowest BCUT2D eigenvalue weighted by atomic mass is 9.98. The van der Waals surface area contributed by atoms with Crippen molar-refractivity contribution < 1.29 is 9.90 Å². The molecule has 5 heteroatoms. The van der Waals surface area contributed by atoms with Crippen molar-refractivity contribution in [2.24, 2.45) is 0 Å². The fourth-order valence-electron chi connectivity index (χ4n) is 3.25. The molecule has 1 aromatic rings. The Morgan fingerprint density at radius 1 is 1.24 bits per heavy atom. The quantitative estimate of drug-likeness (QED) is 0.711. The summed E-state index contributed by atoms with van der Waals surface area (Å²) >= 11 is 0. The molecule has 0 aromatic heterocycles. The molecule has 1 aliphatic heterocycles. The number of hydrogen-bond acceptors (Lipinski definition) is 3. The third-order valence-corrected chi connectivity index (χ3v) is 5.47. The van der Waals surface area contributed by atoms with Crippen LogP contribution < -0.4 is 10.6 Å². The first-order chi connectivity index (χ1) is 12.0. The van der Waals surface area contributed by atoms with Crippen molar-refractivity contribution in [2.75, 3.05) is 19.6 Å². The summed E-state index contributed by atoms with van der Waals surface area (Å²) in [7, 11) is 0. The van der Waals surface area contributed by atoms with Gasteiger partial charge >= 0.3 is 6.03 Å². The molecule has 140 valence electrons. The van der Waals surface area contributed by atoms with Gasteiger partial charge in [0.1, 0.15) is 0 Å². The second-order valence-electron chi connectivity index (χ2n) is 7.24. The van der Waals surface area contributed by atoms with E-state index >= 15 is 0 Å². The second-order valence-corrected chi connectivity index (χ2v) is 7.24. The summed E-state index contributed by atoms with van der Waals surface area (Å²) in [5, 5.41) is 16.1. The van der Waals surface area contributed by atoms with Crippen LogP contribution in [0.25, 0.3) is 0 Å². The molecule has 2 amide bonds. The zero-order valence-corrected chi connectivity index (χ0v) is 15.8. The van der Waals surface area contributed by atoms with E-state index in [1.807, 2.05) is 13.8 Å². The molecule has 1 aliphatic rings. The summed E-state index contributed by atoms with van der Waals surface area (Å²) in [6, 6.07) is 8.56. The van der Waals surface area contributed by atoms with E-state index in [1.54, 1.807) is 0 Å². The van der Waals surface area contributed by atoms with Crippen LogP contribution in [0, 0.1) is 6.92 Å². The number of nitrogens with zero attached hydrogens (tertiary/aromatic N) is 1. The second kappa shape index (κ2) is 9.20. The first-order valence-electron chi connectivity index (χ1n) is 9.49. The molecule has 1 saturated heterocycles. The molecule has 0 saturated carbocycles. The van der Waals surface area contributed by atoms with Crippen molar-refractivity contribution in [3.8, 4) is 0 Å². The number of nitrogens with one attached hydrogen (secondary N) is 2. The average molecular weight is 348 g/mol. The zero-order valence-electron chi connectivity index (χ0n) is 15.8. The molecule has 0 radical (unpaired) electrons. The Bertz CT molecular complexity index is 550. The molecular formula is C20H33N3O2. The van der Waals surface area contributed by atoms with E-state index in [1.165, 1.54) is 11.1 Å². The van der Waals surface area contributed by atoms with Gasteiger partial charge in [-0.15, -0.1) is 0 Å². The van der Waals surface area contributed by atoms with Gasteiger partial charge in [-0.25, -0.2) is 4.79 Å². The average Bonchev–Trinajstić information content (AvgIpc) is 2.63. The maximum Gasteiger partial charge on any atom is 0.315 e. The van der Waals surface area contributed by atoms with E-state index in [-0.39, 0.29) is 12.1 Å². The van der Waals surface area contributed by atoms with Crippen LogP contribution in [0.15, 0.2) is 24.3 Å². The van der Waals surface area contributed by atoms with Crippen LogP contribution in [0.5, 0.6) is 0 Å². The fourth-order valence-corrected chi connectivity index (χ4v) is 3.25. The summed E-state index contributed by atoms with van der Waals surface area (Å²) in [6.45, 7) is 9.30. The lowest BCUT2D eigenvalue weighted by Crippen LogP contribution is -2.51. The van der Waals surface area contributed by atoms with Crippen molar-refractivity contribution in [3.63, 3.8) is 0 Å². The standard InChI is InChI=1S/C20H33N3O2/c1-4-20(25,5-2)15-21-19(24)22-18-10-12-23(13-11-18)14-17-9-7-6-8-16(17)3/h6-9,18,25H,4-5,10-15H2,1-3H3,(H2,21,22,24). The Hall–Kier alpha value is -1.59. The Labute approximate surface area is 151 Å². The SMILES string of the molecule is CCC(O)(CC)CNC(=O)NC1CCN(Cc2ccccc2C)CC1. The minimum atomic E-state index is -0.797. The number of carbonyl (C=O) groups is 1. The monoisotopic (exact) mass is 347 g/mol. The molecule has 0 spiro atoms. The van der Waals surface area contributed by atoms with Crippen molar-refractivity contribution in [3.05, 3.63) is 35.4 Å². The van der Waals surface area contributed by atoms with E-state index in [4.69, 9.17) is 0 Å². The highest BCUT2D eigenvalue weighted by atomic mass is 16.3. The molecule has 0 unspecified atom stereocenters. The highest BCUT2D eigenvalue weighted by Gasteiger charge is 2.24. The molecule has 0 aliphatic carbocycles. The lowest BCUT2D eigenvalue weighted by molar-refractivity contribution is 0.0347. The summed E-state index contributed by atoms with van der Waals surface area (Å²) in [6.07, 6.45) is 3.21. The van der Waals surface area contributed by atoms with E-state index in [2.05, 4.69) is 46.7 Å². The Morgan fingerprint density at radius 2 is 1.88 bits per heavy atom. The molecule has 1 fully saturated rings. The van der Waals surface area contributed by atoms with Gasteiger partial charge < -0.3 is 15.7 Å². The van der Waals surface area contributed by atoms with Crippen LogP contribution in [0.1, 0.15) is 50.7 Å². The van der Waals surface area contributed by atoms with E-state index in [0.717, 1.165) is 32.5 Å². The van der Waals surface area contributed by atoms with Gasteiger partial charge in [-0.05, 0) is 43.7 Å². The highest BCUT2D eigenvalue weighted by Crippen LogP contribution is 2.16. The largest absolute Gasteiger partial charge is 0.388 e. The topological polar surface area (TPSA) is 64.6 Å². The fraction of sp³-hybridized carbons (Fsp3) is 0.650. The van der Waals surface area contributed by atoms with Crippen molar-refractivity contribution >= 4 is 6.03 Å². The number of likely N-dealkylation sites (tertiary alicyclic amines) is 1. The van der Waals surface area contributed by atoms with Crippen LogP contribution in [0.4, 0.5) is 4.79 Å². The van der Waals surface area contributed by atoms with Crippen LogP contribution in [0.2, 0.25) is 0 Å². The zero-order chi connectivity index (χ0) is 18.3. The van der Waals surface area contributed by atoms with E-state index in [9.17, 15) is 9.90 Å². The maximum absolute atomic E-state index is 12.1. The maximum atomic E-state index is 12.1. The Kier molecular flexibility index (Phi) is 7.26. The number of carbonyl (C=O) groups excluding carboxylic acids is 1. The van der Waals surface area contributed by atoms with Crippen molar-refractivity contribution in [1.29, 1.82) is 0 Å². The van der Waals surface area contributed by atoms with E-state index in [0.29, 0.717) is 19.4 Å². The normalized spacial score (nSPS) is 16.6. The minimum Gasteiger partial charge on any atom is -0.388 e. The van der Waals surface area contributed by atoms with Crippen LogP contribution in [-0.2, 0) is 6.54 Å². The minimum absolute atomic E-state index is 0.169. The molecule has 3 N–H and O–H groups in total. The first-order valence-corrected chi connectivity index (χ1v) is 9.49. The van der Waals surface area contributed by atoms with Crippen molar-refractivity contribution in [1.82, 2.24) is 15.5 Å². The number of rotatable bonds is 7. The van der Waals surface area contributed by atoms with Crippen LogP contribution in [-0.4, -0.2) is 47.3 Å². The van der Waals surface area contributed by atoms with Gasteiger partial charge in [0.25, 0.3) is 0 Å². The number of amides is 2. The first kappa shape index (κ1) is 19.7. The van der Waals surface area contributed by atoms with Gasteiger partial charge in [0.15, 0.2) is 0 Å². The van der Waals surface area contributed by atoms with Crippen molar-refractivity contribution in [2.45, 2.75) is 64.6 Å². The number of aliphatic hydroxyl groups is 1. The van der Waals surface area contributed by atoms with Crippen LogP contribution >= 0.6 is 0 Å². The molecule has 5 nitrogen and oxygen atoms in total. The number of aryl methyl sites for hydroxylation is 1. The third-order valence-electron chi connectivity index (χ3n) is 5.47. The molecule has 1 aromatic carbocycles. The van der Waals surface area contributed by atoms with Gasteiger partial charge in [0.05, 0.1) is 5.60 Å². The Balaban J connectivity index is 1.71. The van der Waals surface area contributed by atoms with Gasteiger partial charge in [-0.1, -0.05) is 38.1 Å². The smallest absolute Gasteiger partial charge is 0.315 e. The molecule has 1 heterocycles. The molecular weight excluding hydrogens is 314 g/mol. The summed E-state index contributed by atoms with van der Waals surface area (Å²) in [5.41, 5.74) is 1.92. The predicted octanol–water partition coefficient (Wildman–Crippen LogP) is 2.81. The van der Waals surface area contributed by atoms with Gasteiger partial charge in [-0.3, -0.25) is 4.90 Å². The number of urea groups is 1. The number of benzene rings is 1. The summed E-state index contributed by atoms with van der Waals surface area (Å²) < 4.78 is 0. The highest BCUT2D eigenvalue weighted by molar-refractivity contribution is 5.74. The summed E-state index contributed by atoms with van der Waals surface area (Å²) in [4.78, 5) is 14.5.